The maximum Gasteiger partial charge on any atom is 0.235 e. The molecule has 3 N–H and O–H groups in total. The number of nitrogens with two attached hydrogens (primary N) is 1. The van der Waals surface area contributed by atoms with Crippen LogP contribution in [0, 0.1) is 0 Å². The van der Waals surface area contributed by atoms with E-state index in [-0.39, 0.29) is 11.9 Å². The van der Waals surface area contributed by atoms with E-state index < -0.39 is 0 Å². The number of hydrogen-bond acceptors (Lipinski definition) is 4. The molecule has 1 aliphatic carbocycles. The van der Waals surface area contributed by atoms with E-state index >= 15 is 0 Å². The molecule has 0 bridgehead atoms. The topological polar surface area (TPSA) is 55.1 Å². The predicted molar refractivity (Wildman–Crippen MR) is 64.2 cm³/mol. The Labute approximate surface area is 97.4 Å². The molecule has 5 heteroatoms. The molecule has 1 unspecified atom stereocenters. The van der Waals surface area contributed by atoms with E-state index in [1.807, 2.05) is 11.4 Å². The first-order chi connectivity index (χ1) is 7.25. The normalized spacial score (nSPS) is 17.6. The number of thioether (sulfide) groups is 1. The molecule has 1 aliphatic rings. The lowest BCUT2D eigenvalue weighted by molar-refractivity contribution is -0.119. The fourth-order valence-electron chi connectivity index (χ4n) is 1.26. The summed E-state index contributed by atoms with van der Waals surface area (Å²) in [7, 11) is 0. The first-order valence-electron chi connectivity index (χ1n) is 4.97. The Kier molecular flexibility index (Phi) is 3.66. The van der Waals surface area contributed by atoms with Crippen molar-refractivity contribution in [1.82, 2.24) is 5.32 Å². The molecule has 0 radical (unpaired) electrons. The Morgan fingerprint density at radius 2 is 2.53 bits per heavy atom. The molecule has 0 saturated heterocycles. The van der Waals surface area contributed by atoms with Gasteiger partial charge in [-0.05, 0) is 24.3 Å². The summed E-state index contributed by atoms with van der Waals surface area (Å²) < 4.78 is 1.24. The van der Waals surface area contributed by atoms with Crippen molar-refractivity contribution in [3.05, 3.63) is 17.5 Å². The van der Waals surface area contributed by atoms with Crippen LogP contribution in [0.25, 0.3) is 0 Å². The maximum atomic E-state index is 11.2. The fraction of sp³-hybridized carbons (Fsp3) is 0.500. The number of primary amides is 1. The van der Waals surface area contributed by atoms with Crippen LogP contribution in [0.1, 0.15) is 12.8 Å². The zero-order chi connectivity index (χ0) is 10.7. The number of hydrogen-bond donors (Lipinski definition) is 2. The molecule has 3 nitrogen and oxygen atoms in total. The number of amides is 1. The molecule has 1 aromatic rings. The number of thiophene rings is 1. The molecule has 15 heavy (non-hydrogen) atoms. The second kappa shape index (κ2) is 5.01. The molecule has 0 aromatic carbocycles. The summed E-state index contributed by atoms with van der Waals surface area (Å²) in [6.45, 7) is 0. The average molecular weight is 242 g/mol. The number of nitrogens with one attached hydrogen (secondary N) is 1. The van der Waals surface area contributed by atoms with Gasteiger partial charge in [-0.1, -0.05) is 6.07 Å². The lowest BCUT2D eigenvalue weighted by atomic mass is 10.3. The van der Waals surface area contributed by atoms with E-state index in [9.17, 15) is 4.79 Å². The summed E-state index contributed by atoms with van der Waals surface area (Å²) in [5, 5.41) is 5.30. The van der Waals surface area contributed by atoms with Crippen LogP contribution >= 0.6 is 23.1 Å². The van der Waals surface area contributed by atoms with Crippen molar-refractivity contribution < 1.29 is 4.79 Å². The largest absolute Gasteiger partial charge is 0.368 e. The molecule has 1 saturated carbocycles. The van der Waals surface area contributed by atoms with E-state index in [4.69, 9.17) is 5.73 Å². The Morgan fingerprint density at radius 1 is 1.73 bits per heavy atom. The van der Waals surface area contributed by atoms with Crippen LogP contribution in [0.15, 0.2) is 21.7 Å². The minimum Gasteiger partial charge on any atom is -0.368 e. The van der Waals surface area contributed by atoms with Gasteiger partial charge in [-0.25, -0.2) is 0 Å². The van der Waals surface area contributed by atoms with Crippen LogP contribution in [-0.4, -0.2) is 23.7 Å². The van der Waals surface area contributed by atoms with Crippen LogP contribution in [0.2, 0.25) is 0 Å². The summed E-state index contributed by atoms with van der Waals surface area (Å²) in [5.74, 6) is 0.484. The van der Waals surface area contributed by atoms with Crippen molar-refractivity contribution in [2.24, 2.45) is 5.73 Å². The molecule has 82 valence electrons. The highest BCUT2D eigenvalue weighted by Crippen LogP contribution is 2.25. The van der Waals surface area contributed by atoms with Gasteiger partial charge in [-0.15, -0.1) is 23.1 Å². The van der Waals surface area contributed by atoms with Crippen molar-refractivity contribution in [1.29, 1.82) is 0 Å². The molecule has 2 rings (SSSR count). The molecule has 0 spiro atoms. The molecular formula is C10H14N2OS2. The Morgan fingerprint density at radius 3 is 3.07 bits per heavy atom. The molecule has 1 heterocycles. The smallest absolute Gasteiger partial charge is 0.235 e. The third kappa shape index (κ3) is 3.52. The molecule has 0 aliphatic heterocycles. The summed E-state index contributed by atoms with van der Waals surface area (Å²) in [4.78, 5) is 11.2. The van der Waals surface area contributed by atoms with Gasteiger partial charge in [0.2, 0.25) is 5.91 Å². The van der Waals surface area contributed by atoms with Crippen LogP contribution in [0.5, 0.6) is 0 Å². The molecular weight excluding hydrogens is 228 g/mol. The monoisotopic (exact) mass is 242 g/mol. The molecule has 1 aromatic heterocycles. The van der Waals surface area contributed by atoms with Gasteiger partial charge in [-0.2, -0.15) is 0 Å². The van der Waals surface area contributed by atoms with Crippen LogP contribution in [-0.2, 0) is 4.79 Å². The predicted octanol–water partition coefficient (Wildman–Crippen LogP) is 1.45. The highest BCUT2D eigenvalue weighted by Gasteiger charge is 2.27. The molecule has 1 fully saturated rings. The second-order valence-electron chi connectivity index (χ2n) is 3.64. The van der Waals surface area contributed by atoms with Crippen LogP contribution in [0.4, 0.5) is 0 Å². The van der Waals surface area contributed by atoms with Gasteiger partial charge in [0.05, 0.1) is 10.3 Å². The number of carbonyl (C=O) groups excluding carboxylic acids is 1. The molecule has 1 amide bonds. The Balaban J connectivity index is 1.80. The highest BCUT2D eigenvalue weighted by atomic mass is 32.2. The van der Waals surface area contributed by atoms with Crippen LogP contribution in [0.3, 0.4) is 0 Å². The van der Waals surface area contributed by atoms with Gasteiger partial charge in [0, 0.05) is 11.8 Å². The minimum absolute atomic E-state index is 0.190. The fourth-order valence-corrected chi connectivity index (χ4v) is 3.12. The first kappa shape index (κ1) is 11.0. The van der Waals surface area contributed by atoms with Crippen molar-refractivity contribution >= 4 is 29.0 Å². The summed E-state index contributed by atoms with van der Waals surface area (Å²) >= 11 is 3.38. The van der Waals surface area contributed by atoms with Gasteiger partial charge >= 0.3 is 0 Å². The van der Waals surface area contributed by atoms with Gasteiger partial charge in [0.1, 0.15) is 0 Å². The zero-order valence-corrected chi connectivity index (χ0v) is 9.94. The third-order valence-electron chi connectivity index (χ3n) is 2.25. The first-order valence-corrected chi connectivity index (χ1v) is 6.84. The van der Waals surface area contributed by atoms with E-state index in [2.05, 4.69) is 11.4 Å². The maximum absolute atomic E-state index is 11.2. The quantitative estimate of drug-likeness (QED) is 0.742. The number of carbonyl (C=O) groups is 1. The van der Waals surface area contributed by atoms with E-state index in [0.29, 0.717) is 6.04 Å². The summed E-state index contributed by atoms with van der Waals surface area (Å²) in [5.41, 5.74) is 5.34. The third-order valence-corrected chi connectivity index (χ3v) is 4.47. The van der Waals surface area contributed by atoms with Crippen molar-refractivity contribution in [2.75, 3.05) is 5.75 Å². The van der Waals surface area contributed by atoms with Gasteiger partial charge in [0.15, 0.2) is 0 Å². The van der Waals surface area contributed by atoms with Gasteiger partial charge in [-0.3, -0.25) is 4.79 Å². The van der Waals surface area contributed by atoms with E-state index in [1.54, 1.807) is 23.1 Å². The Hall–Kier alpha value is -0.520. The summed E-state index contributed by atoms with van der Waals surface area (Å²) in [6, 6.07) is 4.40. The van der Waals surface area contributed by atoms with Gasteiger partial charge < -0.3 is 11.1 Å². The zero-order valence-electron chi connectivity index (χ0n) is 8.31. The van der Waals surface area contributed by atoms with E-state index in [1.165, 1.54) is 17.1 Å². The standard InChI is InChI=1S/C10H14N2OS2/c11-10(13)8(12-7-3-4-7)6-15-9-2-1-5-14-9/h1-2,5,7-8,12H,3-4,6H2,(H2,11,13). The Bertz CT molecular complexity index is 322. The average Bonchev–Trinajstić information content (AvgIpc) is 2.87. The number of rotatable bonds is 6. The van der Waals surface area contributed by atoms with Gasteiger partial charge in [0.25, 0.3) is 0 Å². The summed E-state index contributed by atoms with van der Waals surface area (Å²) in [6.07, 6.45) is 2.35. The lowest BCUT2D eigenvalue weighted by Crippen LogP contribution is -2.44. The van der Waals surface area contributed by atoms with Crippen LogP contribution < -0.4 is 11.1 Å². The minimum atomic E-state index is -0.244. The lowest BCUT2D eigenvalue weighted by Gasteiger charge is -2.13. The van der Waals surface area contributed by atoms with E-state index in [0.717, 1.165) is 5.75 Å². The van der Waals surface area contributed by atoms with Crippen molar-refractivity contribution in [2.45, 2.75) is 29.1 Å². The SMILES string of the molecule is NC(=O)C(CSc1cccs1)NC1CC1. The molecule has 1 atom stereocenters. The highest BCUT2D eigenvalue weighted by molar-refractivity contribution is 8.01. The van der Waals surface area contributed by atoms with Crippen molar-refractivity contribution in [3.8, 4) is 0 Å². The second-order valence-corrected chi connectivity index (χ2v) is 5.91. The van der Waals surface area contributed by atoms with Crippen molar-refractivity contribution in [3.63, 3.8) is 0 Å².